The van der Waals surface area contributed by atoms with Crippen LogP contribution in [0.4, 0.5) is 0 Å². The molecule has 164 valence electrons. The normalized spacial score (nSPS) is 30.4. The summed E-state index contributed by atoms with van der Waals surface area (Å²) in [5.41, 5.74) is -2.19. The van der Waals surface area contributed by atoms with Crippen molar-refractivity contribution in [2.45, 2.75) is 29.6 Å². The van der Waals surface area contributed by atoms with Crippen LogP contribution >= 0.6 is 23.2 Å². The Labute approximate surface area is 194 Å². The average molecular weight is 472 g/mol. The second kappa shape index (κ2) is 7.46. The topological polar surface area (TPSA) is 99.9 Å². The molecule has 1 aliphatic carbocycles. The Hall–Kier alpha value is -2.64. The molecule has 32 heavy (non-hydrogen) atoms. The van der Waals surface area contributed by atoms with Gasteiger partial charge in [0.25, 0.3) is 0 Å². The monoisotopic (exact) mass is 471 g/mol. The number of halogens is 2. The summed E-state index contributed by atoms with van der Waals surface area (Å²) in [5, 5.41) is 34.2. The molecule has 0 amide bonds. The van der Waals surface area contributed by atoms with Crippen molar-refractivity contribution in [3.05, 3.63) is 93.7 Å². The van der Waals surface area contributed by atoms with Crippen LogP contribution in [-0.2, 0) is 16.0 Å². The SMILES string of the molecule is O=C(O)C[C@H]1[C@@H](O)[C@@]2(O)c3ncc(Cl)cc3O[C@@]2(c2ccc(Cl)cc2)[C@@H]1c1ccccc1. The fraction of sp³-hybridized carbons (Fsp3) is 0.250. The van der Waals surface area contributed by atoms with Crippen LogP contribution in [0.25, 0.3) is 0 Å². The van der Waals surface area contributed by atoms with E-state index in [0.29, 0.717) is 15.6 Å². The van der Waals surface area contributed by atoms with Crippen molar-refractivity contribution in [1.29, 1.82) is 0 Å². The van der Waals surface area contributed by atoms with Crippen molar-refractivity contribution >= 4 is 29.2 Å². The van der Waals surface area contributed by atoms with Gasteiger partial charge in [0.05, 0.1) is 17.5 Å². The molecule has 5 rings (SSSR count). The molecule has 0 saturated heterocycles. The van der Waals surface area contributed by atoms with E-state index >= 15 is 0 Å². The fourth-order valence-electron chi connectivity index (χ4n) is 5.40. The molecule has 2 heterocycles. The molecule has 0 radical (unpaired) electrons. The predicted molar refractivity (Wildman–Crippen MR) is 118 cm³/mol. The van der Waals surface area contributed by atoms with Crippen molar-refractivity contribution in [1.82, 2.24) is 4.98 Å². The number of carboxylic acids is 1. The minimum Gasteiger partial charge on any atom is -0.481 e. The Morgan fingerprint density at radius 3 is 2.41 bits per heavy atom. The summed E-state index contributed by atoms with van der Waals surface area (Å²) in [4.78, 5) is 16.1. The molecule has 1 aliphatic heterocycles. The zero-order valence-electron chi connectivity index (χ0n) is 16.7. The number of aliphatic hydroxyl groups excluding tert-OH is 1. The first-order valence-corrected chi connectivity index (χ1v) is 10.8. The van der Waals surface area contributed by atoms with E-state index in [9.17, 15) is 20.1 Å². The molecule has 1 fully saturated rings. The molecule has 1 aromatic heterocycles. The molecular formula is C24H19Cl2NO5. The standard InChI is InChI=1S/C24H19Cl2NO5/c25-15-8-6-14(7-9-15)24-20(13-4-2-1-3-5-13)17(11-19(28)29)22(30)23(24,31)21-18(32-24)10-16(26)12-27-21/h1-10,12,17,20,22,30-31H,11H2,(H,28,29)/t17-,20-,22-,23+,24+/m1/s1. The van der Waals surface area contributed by atoms with Crippen molar-refractivity contribution in [2.24, 2.45) is 5.92 Å². The van der Waals surface area contributed by atoms with Gasteiger partial charge in [-0.15, -0.1) is 0 Å². The van der Waals surface area contributed by atoms with Gasteiger partial charge < -0.3 is 20.1 Å². The summed E-state index contributed by atoms with van der Waals surface area (Å²) in [7, 11) is 0. The number of aliphatic hydroxyl groups is 2. The third-order valence-electron chi connectivity index (χ3n) is 6.56. The number of carboxylic acid groups (broad SMARTS) is 1. The van der Waals surface area contributed by atoms with Crippen LogP contribution in [0, 0.1) is 5.92 Å². The van der Waals surface area contributed by atoms with Crippen LogP contribution in [0.15, 0.2) is 66.9 Å². The number of pyridine rings is 1. The van der Waals surface area contributed by atoms with E-state index in [1.165, 1.54) is 6.20 Å². The number of hydrogen-bond donors (Lipinski definition) is 3. The zero-order valence-corrected chi connectivity index (χ0v) is 18.2. The molecule has 2 aromatic carbocycles. The molecule has 0 spiro atoms. The number of fused-ring (bicyclic) bond motifs is 3. The van der Waals surface area contributed by atoms with E-state index in [1.807, 2.05) is 30.3 Å². The number of ether oxygens (including phenoxy) is 1. The summed E-state index contributed by atoms with van der Waals surface area (Å²) in [6.45, 7) is 0. The van der Waals surface area contributed by atoms with Gasteiger partial charge in [-0.3, -0.25) is 9.78 Å². The number of nitrogens with zero attached hydrogens (tertiary/aromatic N) is 1. The maximum Gasteiger partial charge on any atom is 0.303 e. The highest BCUT2D eigenvalue weighted by atomic mass is 35.5. The number of hydrogen-bond acceptors (Lipinski definition) is 5. The van der Waals surface area contributed by atoms with Gasteiger partial charge in [0.15, 0.2) is 11.2 Å². The number of benzene rings is 2. The van der Waals surface area contributed by atoms with Crippen molar-refractivity contribution < 1.29 is 24.9 Å². The van der Waals surface area contributed by atoms with Crippen LogP contribution < -0.4 is 4.74 Å². The summed E-state index contributed by atoms with van der Waals surface area (Å²) < 4.78 is 6.48. The minimum absolute atomic E-state index is 0.123. The first-order chi connectivity index (χ1) is 15.3. The van der Waals surface area contributed by atoms with Crippen LogP contribution in [0.2, 0.25) is 10.0 Å². The van der Waals surface area contributed by atoms with E-state index in [4.69, 9.17) is 27.9 Å². The van der Waals surface area contributed by atoms with Gasteiger partial charge >= 0.3 is 5.97 Å². The predicted octanol–water partition coefficient (Wildman–Crippen LogP) is 4.11. The molecule has 8 heteroatoms. The summed E-state index contributed by atoms with van der Waals surface area (Å²) in [6.07, 6.45) is -0.478. The largest absolute Gasteiger partial charge is 0.481 e. The Balaban J connectivity index is 1.84. The highest BCUT2D eigenvalue weighted by molar-refractivity contribution is 6.30. The first kappa shape index (κ1) is 21.2. The molecule has 5 atom stereocenters. The molecular weight excluding hydrogens is 453 g/mol. The van der Waals surface area contributed by atoms with E-state index < -0.39 is 35.1 Å². The number of carbonyl (C=O) groups is 1. The first-order valence-electron chi connectivity index (χ1n) is 10.1. The van der Waals surface area contributed by atoms with E-state index in [2.05, 4.69) is 4.98 Å². The molecule has 0 unspecified atom stereocenters. The van der Waals surface area contributed by atoms with E-state index in [0.717, 1.165) is 5.56 Å². The van der Waals surface area contributed by atoms with Crippen LogP contribution in [0.1, 0.15) is 29.2 Å². The molecule has 3 N–H and O–H groups in total. The number of aliphatic carboxylic acids is 1. The van der Waals surface area contributed by atoms with Crippen LogP contribution in [0.3, 0.4) is 0 Å². The summed E-state index contributed by atoms with van der Waals surface area (Å²) >= 11 is 12.3. The number of rotatable bonds is 4. The second-order valence-corrected chi connectivity index (χ2v) is 9.08. The Kier molecular flexibility index (Phi) is 4.94. The summed E-state index contributed by atoms with van der Waals surface area (Å²) in [5.74, 6) is -2.42. The maximum absolute atomic E-state index is 12.2. The fourth-order valence-corrected chi connectivity index (χ4v) is 5.67. The van der Waals surface area contributed by atoms with Crippen molar-refractivity contribution in [3.63, 3.8) is 0 Å². The smallest absolute Gasteiger partial charge is 0.303 e. The molecule has 0 bridgehead atoms. The molecule has 3 aromatic rings. The lowest BCUT2D eigenvalue weighted by Crippen LogP contribution is -2.52. The Bertz CT molecular complexity index is 1190. The number of aromatic nitrogens is 1. The molecule has 2 aliphatic rings. The lowest BCUT2D eigenvalue weighted by molar-refractivity contribution is -0.155. The maximum atomic E-state index is 12.2. The lowest BCUT2D eigenvalue weighted by Gasteiger charge is -2.40. The lowest BCUT2D eigenvalue weighted by atomic mass is 9.71. The van der Waals surface area contributed by atoms with Gasteiger partial charge in [-0.2, -0.15) is 0 Å². The second-order valence-electron chi connectivity index (χ2n) is 8.21. The van der Waals surface area contributed by atoms with Gasteiger partial charge in [-0.25, -0.2) is 0 Å². The molecule has 1 saturated carbocycles. The molecule has 6 nitrogen and oxygen atoms in total. The third kappa shape index (κ3) is 2.80. The van der Waals surface area contributed by atoms with Crippen LogP contribution in [0.5, 0.6) is 5.75 Å². The van der Waals surface area contributed by atoms with Gasteiger partial charge in [0.1, 0.15) is 11.4 Å². The highest BCUT2D eigenvalue weighted by Crippen LogP contribution is 2.68. The van der Waals surface area contributed by atoms with Gasteiger partial charge in [0, 0.05) is 29.1 Å². The Morgan fingerprint density at radius 1 is 1.06 bits per heavy atom. The van der Waals surface area contributed by atoms with Crippen molar-refractivity contribution in [3.8, 4) is 5.75 Å². The summed E-state index contributed by atoms with van der Waals surface area (Å²) in [6, 6.07) is 17.5. The average Bonchev–Trinajstić information content (AvgIpc) is 3.12. The van der Waals surface area contributed by atoms with Crippen molar-refractivity contribution in [2.75, 3.05) is 0 Å². The van der Waals surface area contributed by atoms with E-state index in [1.54, 1.807) is 30.3 Å². The van der Waals surface area contributed by atoms with Gasteiger partial charge in [-0.05, 0) is 23.3 Å². The van der Waals surface area contributed by atoms with Crippen LogP contribution in [-0.4, -0.2) is 32.4 Å². The minimum atomic E-state index is -2.03. The van der Waals surface area contributed by atoms with Gasteiger partial charge in [0.2, 0.25) is 0 Å². The van der Waals surface area contributed by atoms with E-state index in [-0.39, 0.29) is 17.9 Å². The zero-order chi connectivity index (χ0) is 22.7. The third-order valence-corrected chi connectivity index (χ3v) is 7.02. The highest BCUT2D eigenvalue weighted by Gasteiger charge is 2.76. The quantitative estimate of drug-likeness (QED) is 0.529. The van der Waals surface area contributed by atoms with Gasteiger partial charge in [-0.1, -0.05) is 65.7 Å². The Morgan fingerprint density at radius 2 is 1.75 bits per heavy atom.